The lowest BCUT2D eigenvalue weighted by molar-refractivity contribution is 0.301. The lowest BCUT2D eigenvalue weighted by Gasteiger charge is -2.29. The van der Waals surface area contributed by atoms with Gasteiger partial charge in [0, 0.05) is 37.0 Å². The molecule has 148 valence electrons. The van der Waals surface area contributed by atoms with E-state index in [0.29, 0.717) is 17.7 Å². The van der Waals surface area contributed by atoms with Crippen molar-refractivity contribution in [2.75, 3.05) is 5.32 Å². The van der Waals surface area contributed by atoms with Crippen molar-refractivity contribution < 1.29 is 0 Å². The van der Waals surface area contributed by atoms with Crippen LogP contribution in [-0.4, -0.2) is 25.4 Å². The zero-order chi connectivity index (χ0) is 19.1. The number of aromatic nitrogens is 4. The van der Waals surface area contributed by atoms with Gasteiger partial charge in [-0.05, 0) is 63.4 Å². The van der Waals surface area contributed by atoms with E-state index in [2.05, 4.69) is 15.4 Å². The maximum absolute atomic E-state index is 12.6. The first-order valence-corrected chi connectivity index (χ1v) is 10.6. The van der Waals surface area contributed by atoms with Crippen LogP contribution in [0.3, 0.4) is 0 Å². The van der Waals surface area contributed by atoms with Gasteiger partial charge in [-0.1, -0.05) is 0 Å². The van der Waals surface area contributed by atoms with E-state index < -0.39 is 0 Å². The summed E-state index contributed by atoms with van der Waals surface area (Å²) in [5, 5.41) is 8.00. The summed E-state index contributed by atoms with van der Waals surface area (Å²) in [6, 6.07) is 3.92. The van der Waals surface area contributed by atoms with E-state index in [-0.39, 0.29) is 23.2 Å². The van der Waals surface area contributed by atoms with E-state index in [0.717, 1.165) is 37.9 Å². The molecule has 2 aromatic heterocycles. The fourth-order valence-electron chi connectivity index (χ4n) is 4.23. The summed E-state index contributed by atoms with van der Waals surface area (Å²) in [7, 11) is 0. The average molecular weight is 381 g/mol. The highest BCUT2D eigenvalue weighted by Crippen LogP contribution is 2.38. The summed E-state index contributed by atoms with van der Waals surface area (Å²) in [6.07, 6.45) is 11.9. The molecule has 7 heteroatoms. The molecule has 7 nitrogen and oxygen atoms in total. The monoisotopic (exact) mass is 381 g/mol. The molecule has 0 atom stereocenters. The van der Waals surface area contributed by atoms with Crippen molar-refractivity contribution in [3.63, 3.8) is 0 Å². The van der Waals surface area contributed by atoms with Crippen LogP contribution in [-0.2, 0) is 6.54 Å². The average Bonchev–Trinajstić information content (AvgIpc) is 3.61. The Balaban J connectivity index is 1.24. The number of anilines is 1. The number of hydrogen-bond acceptors (Lipinski definition) is 5. The molecule has 0 bridgehead atoms. The van der Waals surface area contributed by atoms with Crippen LogP contribution in [0, 0.1) is 5.92 Å². The Morgan fingerprint density at radius 2 is 1.79 bits per heavy atom. The Bertz CT molecular complexity index is 965. The molecule has 5 rings (SSSR count). The van der Waals surface area contributed by atoms with Crippen molar-refractivity contribution in [2.45, 2.75) is 75.9 Å². The summed E-state index contributed by atoms with van der Waals surface area (Å²) in [4.78, 5) is 29.2. The van der Waals surface area contributed by atoms with Crippen LogP contribution < -0.4 is 16.4 Å². The lowest BCUT2D eigenvalue weighted by Crippen LogP contribution is -2.35. The summed E-state index contributed by atoms with van der Waals surface area (Å²) in [5.41, 5.74) is 1.03. The number of nitrogens with zero attached hydrogens (tertiary/aromatic N) is 4. The van der Waals surface area contributed by atoms with Gasteiger partial charge in [-0.3, -0.25) is 9.59 Å². The van der Waals surface area contributed by atoms with Crippen LogP contribution in [0.2, 0.25) is 0 Å². The van der Waals surface area contributed by atoms with Gasteiger partial charge in [0.15, 0.2) is 5.82 Å². The third-order valence-corrected chi connectivity index (χ3v) is 6.29. The summed E-state index contributed by atoms with van der Waals surface area (Å²) >= 11 is 0. The normalized spacial score (nSPS) is 24.9. The Morgan fingerprint density at radius 3 is 2.50 bits per heavy atom. The molecule has 28 heavy (non-hydrogen) atoms. The SMILES string of the molecule is O=c1c(NC2CCC(n3nc(C4CC4)ccc3=O)CC2)nccn1CC1CC1. The molecule has 1 N–H and O–H groups in total. The number of nitrogens with one attached hydrogen (secondary N) is 1. The zero-order valence-electron chi connectivity index (χ0n) is 16.1. The predicted octanol–water partition coefficient (Wildman–Crippen LogP) is 2.68. The standard InChI is InChI=1S/C21H27N5O2/c27-19-10-9-18(15-3-4-15)24-26(19)17-7-5-16(6-8-17)23-20-21(28)25(12-11-22-20)13-14-1-2-14/h9-12,14-17H,1-8,13H2,(H,22,23). The molecule has 0 unspecified atom stereocenters. The van der Waals surface area contributed by atoms with E-state index in [1.165, 1.54) is 25.7 Å². The third kappa shape index (κ3) is 3.75. The van der Waals surface area contributed by atoms with Crippen molar-refractivity contribution in [3.05, 3.63) is 50.9 Å². The minimum absolute atomic E-state index is 0.00602. The van der Waals surface area contributed by atoms with Gasteiger partial charge in [-0.15, -0.1) is 0 Å². The summed E-state index contributed by atoms with van der Waals surface area (Å²) in [6.45, 7) is 0.800. The van der Waals surface area contributed by atoms with Crippen molar-refractivity contribution in [1.82, 2.24) is 19.3 Å². The molecular formula is C21H27N5O2. The largest absolute Gasteiger partial charge is 0.363 e. The fourth-order valence-corrected chi connectivity index (χ4v) is 4.23. The highest BCUT2D eigenvalue weighted by atomic mass is 16.1. The second-order valence-corrected chi connectivity index (χ2v) is 8.64. The minimum Gasteiger partial charge on any atom is -0.363 e. The highest BCUT2D eigenvalue weighted by Gasteiger charge is 2.29. The van der Waals surface area contributed by atoms with Gasteiger partial charge in [0.2, 0.25) is 0 Å². The number of hydrogen-bond donors (Lipinski definition) is 1. The van der Waals surface area contributed by atoms with E-state index in [4.69, 9.17) is 0 Å². The van der Waals surface area contributed by atoms with E-state index in [1.54, 1.807) is 27.7 Å². The van der Waals surface area contributed by atoms with Gasteiger partial charge in [0.1, 0.15) is 0 Å². The minimum atomic E-state index is -0.0217. The van der Waals surface area contributed by atoms with Crippen LogP contribution in [0.1, 0.15) is 69.0 Å². The van der Waals surface area contributed by atoms with Gasteiger partial charge in [-0.2, -0.15) is 5.10 Å². The van der Waals surface area contributed by atoms with Crippen molar-refractivity contribution >= 4 is 5.82 Å². The highest BCUT2D eigenvalue weighted by molar-refractivity contribution is 5.32. The van der Waals surface area contributed by atoms with Crippen molar-refractivity contribution in [2.24, 2.45) is 5.92 Å². The lowest BCUT2D eigenvalue weighted by atomic mass is 9.91. The number of rotatable bonds is 6. The first kappa shape index (κ1) is 17.6. The van der Waals surface area contributed by atoms with E-state index >= 15 is 0 Å². The molecule has 0 spiro atoms. The predicted molar refractivity (Wildman–Crippen MR) is 107 cm³/mol. The van der Waals surface area contributed by atoms with Crippen LogP contribution in [0.15, 0.2) is 34.1 Å². The second-order valence-electron chi connectivity index (χ2n) is 8.64. The van der Waals surface area contributed by atoms with Gasteiger partial charge in [0.05, 0.1) is 11.7 Å². The molecule has 2 aromatic rings. The molecule has 0 radical (unpaired) electrons. The van der Waals surface area contributed by atoms with Crippen LogP contribution >= 0.6 is 0 Å². The molecule has 3 aliphatic carbocycles. The zero-order valence-corrected chi connectivity index (χ0v) is 16.1. The van der Waals surface area contributed by atoms with Crippen molar-refractivity contribution in [3.8, 4) is 0 Å². The summed E-state index contributed by atoms with van der Waals surface area (Å²) in [5.74, 6) is 1.66. The van der Waals surface area contributed by atoms with Crippen molar-refractivity contribution in [1.29, 1.82) is 0 Å². The fraction of sp³-hybridized carbons (Fsp3) is 0.619. The van der Waals surface area contributed by atoms with Crippen LogP contribution in [0.4, 0.5) is 5.82 Å². The molecule has 3 saturated carbocycles. The Labute approximate surface area is 163 Å². The molecular weight excluding hydrogens is 354 g/mol. The van der Waals surface area contributed by atoms with Gasteiger partial charge >= 0.3 is 0 Å². The molecule has 3 fully saturated rings. The Kier molecular flexibility index (Phi) is 4.53. The van der Waals surface area contributed by atoms with Gasteiger partial charge in [-0.25, -0.2) is 9.67 Å². The first-order chi connectivity index (χ1) is 13.7. The first-order valence-electron chi connectivity index (χ1n) is 10.6. The molecule has 3 aliphatic rings. The van der Waals surface area contributed by atoms with Crippen LogP contribution in [0.25, 0.3) is 0 Å². The maximum Gasteiger partial charge on any atom is 0.293 e. The molecule has 2 heterocycles. The molecule has 0 amide bonds. The second kappa shape index (κ2) is 7.18. The molecule has 0 aromatic carbocycles. The smallest absolute Gasteiger partial charge is 0.293 e. The third-order valence-electron chi connectivity index (χ3n) is 6.29. The topological polar surface area (TPSA) is 81.8 Å². The molecule has 0 saturated heterocycles. The van der Waals surface area contributed by atoms with E-state index in [1.807, 2.05) is 6.07 Å². The Hall–Kier alpha value is -2.44. The quantitative estimate of drug-likeness (QED) is 0.832. The van der Waals surface area contributed by atoms with Gasteiger partial charge < -0.3 is 9.88 Å². The van der Waals surface area contributed by atoms with Gasteiger partial charge in [0.25, 0.3) is 11.1 Å². The maximum atomic E-state index is 12.6. The summed E-state index contributed by atoms with van der Waals surface area (Å²) < 4.78 is 3.48. The van der Waals surface area contributed by atoms with E-state index in [9.17, 15) is 9.59 Å². The Morgan fingerprint density at radius 1 is 1.00 bits per heavy atom. The van der Waals surface area contributed by atoms with Crippen LogP contribution in [0.5, 0.6) is 0 Å². The molecule has 0 aliphatic heterocycles.